The van der Waals surface area contributed by atoms with E-state index in [9.17, 15) is 9.90 Å². The van der Waals surface area contributed by atoms with Gasteiger partial charge in [-0.2, -0.15) is 5.10 Å². The second-order valence-corrected chi connectivity index (χ2v) is 5.40. The molecule has 0 aliphatic heterocycles. The Kier molecular flexibility index (Phi) is 3.63. The van der Waals surface area contributed by atoms with Gasteiger partial charge in [-0.25, -0.2) is 14.3 Å². The third-order valence-electron chi connectivity index (χ3n) is 3.03. The van der Waals surface area contributed by atoms with Crippen molar-refractivity contribution in [2.75, 3.05) is 18.5 Å². The number of aliphatic hydroxyl groups is 1. The zero-order valence-electron chi connectivity index (χ0n) is 11.7. The first kappa shape index (κ1) is 14.3. The van der Waals surface area contributed by atoms with Crippen LogP contribution in [0.25, 0.3) is 5.65 Å². The zero-order valence-corrected chi connectivity index (χ0v) is 11.7. The molecule has 0 radical (unpaired) electrons. The van der Waals surface area contributed by atoms with Crippen molar-refractivity contribution in [3.63, 3.8) is 0 Å². The maximum Gasteiger partial charge on any atom is 0.341 e. The lowest BCUT2D eigenvalue weighted by Crippen LogP contribution is -2.28. The molecule has 0 unspecified atom stereocenters. The quantitative estimate of drug-likeness (QED) is 0.848. The minimum absolute atomic E-state index is 0.0720. The highest BCUT2D eigenvalue weighted by atomic mass is 16.4. The summed E-state index contributed by atoms with van der Waals surface area (Å²) in [6.45, 7) is 4.11. The second kappa shape index (κ2) is 5.09. The molecule has 2 aromatic rings. The number of fused-ring (bicyclic) bond motifs is 1. The van der Waals surface area contributed by atoms with Crippen molar-refractivity contribution in [2.45, 2.75) is 25.9 Å². The van der Waals surface area contributed by atoms with Gasteiger partial charge in [0.05, 0.1) is 11.8 Å². The summed E-state index contributed by atoms with van der Waals surface area (Å²) >= 11 is 0. The predicted octanol–water partition coefficient (Wildman–Crippen LogP) is 1.02. The summed E-state index contributed by atoms with van der Waals surface area (Å²) in [5.74, 6) is -0.409. The van der Waals surface area contributed by atoms with Gasteiger partial charge in [0.15, 0.2) is 5.65 Å². The van der Waals surface area contributed by atoms with E-state index in [1.54, 1.807) is 26.1 Å². The molecular weight excluding hydrogens is 260 g/mol. The molecule has 2 N–H and O–H groups in total. The molecule has 7 nitrogen and oxygen atoms in total. The number of anilines is 1. The van der Waals surface area contributed by atoms with Crippen molar-refractivity contribution in [1.29, 1.82) is 0 Å². The van der Waals surface area contributed by atoms with Gasteiger partial charge in [0.1, 0.15) is 11.4 Å². The summed E-state index contributed by atoms with van der Waals surface area (Å²) in [6.07, 6.45) is 3.54. The molecule has 7 heteroatoms. The predicted molar refractivity (Wildman–Crippen MR) is 74.1 cm³/mol. The van der Waals surface area contributed by atoms with E-state index >= 15 is 0 Å². The number of aromatic carboxylic acids is 1. The van der Waals surface area contributed by atoms with Crippen molar-refractivity contribution >= 4 is 17.4 Å². The van der Waals surface area contributed by atoms with Crippen molar-refractivity contribution in [3.05, 3.63) is 24.0 Å². The van der Waals surface area contributed by atoms with Crippen molar-refractivity contribution < 1.29 is 15.0 Å². The first-order chi connectivity index (χ1) is 9.28. The van der Waals surface area contributed by atoms with E-state index in [0.717, 1.165) is 0 Å². The second-order valence-electron chi connectivity index (χ2n) is 5.40. The monoisotopic (exact) mass is 278 g/mol. The first-order valence-corrected chi connectivity index (χ1v) is 6.29. The highest BCUT2D eigenvalue weighted by Gasteiger charge is 2.16. The van der Waals surface area contributed by atoms with E-state index in [0.29, 0.717) is 24.4 Å². The van der Waals surface area contributed by atoms with E-state index in [4.69, 9.17) is 5.11 Å². The molecule has 20 heavy (non-hydrogen) atoms. The Bertz CT molecular complexity index is 630. The van der Waals surface area contributed by atoms with Gasteiger partial charge < -0.3 is 15.1 Å². The van der Waals surface area contributed by atoms with Crippen LogP contribution in [-0.4, -0.2) is 50.0 Å². The molecular formula is C13H18N4O3. The van der Waals surface area contributed by atoms with Crippen LogP contribution in [0.3, 0.4) is 0 Å². The van der Waals surface area contributed by atoms with Crippen LogP contribution in [0, 0.1) is 0 Å². The fourth-order valence-electron chi connectivity index (χ4n) is 1.78. The fourth-order valence-corrected chi connectivity index (χ4v) is 1.78. The third-order valence-corrected chi connectivity index (χ3v) is 3.03. The van der Waals surface area contributed by atoms with E-state index in [1.165, 1.54) is 10.7 Å². The largest absolute Gasteiger partial charge is 0.477 e. The van der Waals surface area contributed by atoms with Gasteiger partial charge in [0.2, 0.25) is 0 Å². The molecule has 2 aromatic heterocycles. The van der Waals surface area contributed by atoms with Crippen LogP contribution in [0.4, 0.5) is 5.82 Å². The molecule has 108 valence electrons. The molecule has 0 atom stereocenters. The lowest BCUT2D eigenvalue weighted by atomic mass is 10.1. The SMILES string of the molecule is CN(CCC(C)(C)O)c1ccn2ncc(C(=O)O)c2n1. The Balaban J connectivity index is 2.26. The van der Waals surface area contributed by atoms with Crippen LogP contribution < -0.4 is 4.90 Å². The van der Waals surface area contributed by atoms with Crippen LogP contribution in [-0.2, 0) is 0 Å². The highest BCUT2D eigenvalue weighted by molar-refractivity contribution is 5.94. The summed E-state index contributed by atoms with van der Waals surface area (Å²) in [5, 5.41) is 22.7. The number of carbonyl (C=O) groups is 1. The van der Waals surface area contributed by atoms with Crippen molar-refractivity contribution in [2.24, 2.45) is 0 Å². The fraction of sp³-hybridized carbons (Fsp3) is 0.462. The molecule has 0 aliphatic rings. The maximum atomic E-state index is 11.1. The molecule has 0 amide bonds. The van der Waals surface area contributed by atoms with Crippen molar-refractivity contribution in [1.82, 2.24) is 14.6 Å². The smallest absolute Gasteiger partial charge is 0.341 e. The van der Waals surface area contributed by atoms with Crippen LogP contribution in [0.15, 0.2) is 18.5 Å². The van der Waals surface area contributed by atoms with Gasteiger partial charge in [-0.3, -0.25) is 0 Å². The number of hydrogen-bond donors (Lipinski definition) is 2. The number of carboxylic acids is 1. The van der Waals surface area contributed by atoms with Gasteiger partial charge in [-0.15, -0.1) is 0 Å². The Morgan fingerprint density at radius 3 is 2.80 bits per heavy atom. The van der Waals surface area contributed by atoms with Crippen LogP contribution in [0.2, 0.25) is 0 Å². The molecule has 0 aromatic carbocycles. The van der Waals surface area contributed by atoms with Crippen LogP contribution >= 0.6 is 0 Å². The van der Waals surface area contributed by atoms with Gasteiger partial charge in [0.25, 0.3) is 0 Å². The van der Waals surface area contributed by atoms with Crippen molar-refractivity contribution in [3.8, 4) is 0 Å². The topological polar surface area (TPSA) is 91.0 Å². The Morgan fingerprint density at radius 1 is 1.50 bits per heavy atom. The Hall–Kier alpha value is -2.15. The van der Waals surface area contributed by atoms with Crippen LogP contribution in [0.1, 0.15) is 30.6 Å². The average Bonchev–Trinajstić information content (AvgIpc) is 2.77. The summed E-state index contributed by atoms with van der Waals surface area (Å²) in [6, 6.07) is 1.76. The lowest BCUT2D eigenvalue weighted by Gasteiger charge is -2.23. The molecule has 0 spiro atoms. The number of rotatable bonds is 5. The normalized spacial score (nSPS) is 11.8. The number of hydrogen-bond acceptors (Lipinski definition) is 5. The average molecular weight is 278 g/mol. The van der Waals surface area contributed by atoms with E-state index in [2.05, 4.69) is 10.1 Å². The lowest BCUT2D eigenvalue weighted by molar-refractivity contribution is 0.0697. The standard InChI is InChI=1S/C13H18N4O3/c1-13(2,20)5-7-16(3)10-4-6-17-11(15-10)9(8-14-17)12(18)19/h4,6,8,20H,5,7H2,1-3H3,(H,18,19). The third kappa shape index (κ3) is 3.05. The van der Waals surface area contributed by atoms with Crippen LogP contribution in [0.5, 0.6) is 0 Å². The summed E-state index contributed by atoms with van der Waals surface area (Å²) in [5.41, 5.74) is -0.367. The molecule has 0 saturated carbocycles. The summed E-state index contributed by atoms with van der Waals surface area (Å²) in [4.78, 5) is 17.3. The Morgan fingerprint density at radius 2 is 2.20 bits per heavy atom. The maximum absolute atomic E-state index is 11.1. The van der Waals surface area contributed by atoms with Gasteiger partial charge in [0, 0.05) is 19.8 Å². The number of carboxylic acid groups (broad SMARTS) is 1. The first-order valence-electron chi connectivity index (χ1n) is 6.29. The van der Waals surface area contributed by atoms with Gasteiger partial charge in [-0.05, 0) is 26.3 Å². The molecule has 0 saturated heterocycles. The van der Waals surface area contributed by atoms with Gasteiger partial charge in [-0.1, -0.05) is 0 Å². The van der Waals surface area contributed by atoms with E-state index in [1.807, 2.05) is 11.9 Å². The molecule has 2 rings (SSSR count). The number of aromatic nitrogens is 3. The molecule has 0 bridgehead atoms. The summed E-state index contributed by atoms with van der Waals surface area (Å²) in [7, 11) is 1.85. The van der Waals surface area contributed by atoms with Gasteiger partial charge >= 0.3 is 5.97 Å². The minimum Gasteiger partial charge on any atom is -0.477 e. The molecule has 0 aliphatic carbocycles. The molecule has 0 fully saturated rings. The van der Waals surface area contributed by atoms with E-state index < -0.39 is 11.6 Å². The minimum atomic E-state index is -1.05. The molecule has 2 heterocycles. The highest BCUT2D eigenvalue weighted by Crippen LogP contribution is 2.16. The zero-order chi connectivity index (χ0) is 14.9. The Labute approximate surface area is 116 Å². The number of nitrogens with zero attached hydrogens (tertiary/aromatic N) is 4. The van der Waals surface area contributed by atoms with E-state index in [-0.39, 0.29) is 5.56 Å². The summed E-state index contributed by atoms with van der Waals surface area (Å²) < 4.78 is 1.43.